The highest BCUT2D eigenvalue weighted by Crippen LogP contribution is 2.40. The molecule has 2 atom stereocenters. The number of amidine groups is 1. The van der Waals surface area contributed by atoms with Crippen LogP contribution in [0, 0.1) is 5.92 Å². The van der Waals surface area contributed by atoms with Gasteiger partial charge in [0, 0.05) is 12.5 Å². The number of esters is 1. The molecule has 0 spiro atoms. The van der Waals surface area contributed by atoms with Gasteiger partial charge in [0.1, 0.15) is 12.4 Å². The van der Waals surface area contributed by atoms with Crippen molar-refractivity contribution in [3.63, 3.8) is 0 Å². The lowest BCUT2D eigenvalue weighted by atomic mass is 9.73. The molecule has 0 aromatic heterocycles. The topological polar surface area (TPSA) is 70.9 Å². The van der Waals surface area contributed by atoms with E-state index in [0.29, 0.717) is 11.4 Å². The normalized spacial score (nSPS) is 23.9. The lowest BCUT2D eigenvalue weighted by Gasteiger charge is -2.36. The van der Waals surface area contributed by atoms with Crippen LogP contribution >= 0.6 is 0 Å². The quantitative estimate of drug-likeness (QED) is 0.806. The molecule has 2 unspecified atom stereocenters. The molecule has 0 radical (unpaired) electrons. The number of rotatable bonds is 5. The third-order valence-corrected chi connectivity index (χ3v) is 5.33. The summed E-state index contributed by atoms with van der Waals surface area (Å²) < 4.78 is 5.52. The number of nitrogens with zero attached hydrogens (tertiary/aromatic N) is 1. The Hall–Kier alpha value is -1.88. The second-order valence-corrected chi connectivity index (χ2v) is 7.18. The number of aliphatic hydroxyl groups is 1. The van der Waals surface area contributed by atoms with Crippen LogP contribution in [0.2, 0.25) is 0 Å². The summed E-state index contributed by atoms with van der Waals surface area (Å²) in [5.74, 6) is 0.0239. The molecule has 3 rings (SSSR count). The second-order valence-electron chi connectivity index (χ2n) is 7.18. The van der Waals surface area contributed by atoms with Crippen LogP contribution in [-0.4, -0.2) is 36.1 Å². The third kappa shape index (κ3) is 4.03. The van der Waals surface area contributed by atoms with Gasteiger partial charge >= 0.3 is 5.97 Å². The van der Waals surface area contributed by atoms with Gasteiger partial charge in [-0.15, -0.1) is 0 Å². The van der Waals surface area contributed by atoms with Gasteiger partial charge in [0.15, 0.2) is 5.60 Å². The standard InChI is InChI=1S/C20H28N2O3/c1-15-12-13-21-18(22-15)14-25-19(23)20(24,16-8-4-2-5-9-16)17-10-6-3-7-11-17/h2,4-5,8-9,15,17,24H,3,6-7,10-14H2,1H3,(H,21,22). The van der Waals surface area contributed by atoms with Gasteiger partial charge in [-0.2, -0.15) is 0 Å². The average Bonchev–Trinajstić information content (AvgIpc) is 2.67. The van der Waals surface area contributed by atoms with E-state index in [2.05, 4.69) is 10.3 Å². The summed E-state index contributed by atoms with van der Waals surface area (Å²) in [6.45, 7) is 2.97. The smallest absolute Gasteiger partial charge is 0.343 e. The van der Waals surface area contributed by atoms with Gasteiger partial charge in [-0.05, 0) is 31.7 Å². The van der Waals surface area contributed by atoms with Crippen molar-refractivity contribution >= 4 is 11.8 Å². The second kappa shape index (κ2) is 8.00. The molecule has 25 heavy (non-hydrogen) atoms. The van der Waals surface area contributed by atoms with Crippen LogP contribution in [0.3, 0.4) is 0 Å². The largest absolute Gasteiger partial charge is 0.455 e. The van der Waals surface area contributed by atoms with Gasteiger partial charge in [-0.3, -0.25) is 4.99 Å². The summed E-state index contributed by atoms with van der Waals surface area (Å²) in [5, 5.41) is 14.6. The van der Waals surface area contributed by atoms with Crippen molar-refractivity contribution in [2.45, 2.75) is 57.1 Å². The Morgan fingerprint density at radius 2 is 1.96 bits per heavy atom. The Labute approximate surface area is 149 Å². The molecule has 5 nitrogen and oxygen atoms in total. The monoisotopic (exact) mass is 344 g/mol. The van der Waals surface area contributed by atoms with E-state index in [9.17, 15) is 9.90 Å². The molecule has 0 bridgehead atoms. The summed E-state index contributed by atoms with van der Waals surface area (Å²) in [4.78, 5) is 17.4. The lowest BCUT2D eigenvalue weighted by molar-refractivity contribution is -0.173. The van der Waals surface area contributed by atoms with Crippen LogP contribution in [0.15, 0.2) is 35.3 Å². The fourth-order valence-electron chi connectivity index (χ4n) is 3.87. The Bertz CT molecular complexity index is 611. The molecule has 136 valence electrons. The Kier molecular flexibility index (Phi) is 5.74. The minimum absolute atomic E-state index is 0.0883. The van der Waals surface area contributed by atoms with E-state index in [1.54, 1.807) is 0 Å². The molecule has 2 aliphatic rings. The van der Waals surface area contributed by atoms with E-state index >= 15 is 0 Å². The minimum atomic E-state index is -1.58. The van der Waals surface area contributed by atoms with Gasteiger partial charge in [-0.25, -0.2) is 4.79 Å². The summed E-state index contributed by atoms with van der Waals surface area (Å²) >= 11 is 0. The summed E-state index contributed by atoms with van der Waals surface area (Å²) in [6, 6.07) is 9.46. The molecular formula is C20H28N2O3. The Morgan fingerprint density at radius 3 is 2.64 bits per heavy atom. The van der Waals surface area contributed by atoms with Crippen LogP contribution in [0.25, 0.3) is 0 Å². The molecule has 1 fully saturated rings. The molecule has 1 heterocycles. The lowest BCUT2D eigenvalue weighted by Crippen LogP contribution is -2.46. The number of benzene rings is 1. The molecule has 1 aromatic carbocycles. The maximum absolute atomic E-state index is 12.9. The van der Waals surface area contributed by atoms with Gasteiger partial charge in [-0.1, -0.05) is 49.6 Å². The fraction of sp³-hybridized carbons (Fsp3) is 0.600. The molecule has 0 amide bonds. The van der Waals surface area contributed by atoms with Crippen molar-refractivity contribution in [2.24, 2.45) is 10.9 Å². The zero-order chi connectivity index (χ0) is 17.7. The van der Waals surface area contributed by atoms with Gasteiger partial charge in [0.05, 0.1) is 6.04 Å². The predicted molar refractivity (Wildman–Crippen MR) is 97.4 cm³/mol. The third-order valence-electron chi connectivity index (χ3n) is 5.33. The predicted octanol–water partition coefficient (Wildman–Crippen LogP) is 2.78. The number of hydrogen-bond acceptors (Lipinski definition) is 5. The highest BCUT2D eigenvalue weighted by molar-refractivity contribution is 5.88. The highest BCUT2D eigenvalue weighted by Gasteiger charge is 2.47. The molecule has 1 aliphatic heterocycles. The van der Waals surface area contributed by atoms with E-state index in [-0.39, 0.29) is 18.6 Å². The van der Waals surface area contributed by atoms with E-state index in [1.165, 1.54) is 0 Å². The van der Waals surface area contributed by atoms with Crippen molar-refractivity contribution in [2.75, 3.05) is 13.2 Å². The van der Waals surface area contributed by atoms with E-state index in [4.69, 9.17) is 4.74 Å². The van der Waals surface area contributed by atoms with Crippen molar-refractivity contribution in [3.05, 3.63) is 35.9 Å². The molecule has 2 N–H and O–H groups in total. The number of aliphatic imine (C=N–C) groups is 1. The van der Waals surface area contributed by atoms with Gasteiger partial charge in [0.25, 0.3) is 0 Å². The average molecular weight is 344 g/mol. The van der Waals surface area contributed by atoms with Crippen molar-refractivity contribution < 1.29 is 14.6 Å². The number of hydrogen-bond donors (Lipinski definition) is 2. The number of carbonyl (C=O) groups is 1. The first kappa shape index (κ1) is 17.9. The molecule has 1 aromatic rings. The zero-order valence-corrected chi connectivity index (χ0v) is 14.9. The number of carbonyl (C=O) groups excluding carboxylic acids is 1. The minimum Gasteiger partial charge on any atom is -0.455 e. The van der Waals surface area contributed by atoms with Gasteiger partial charge in [0.2, 0.25) is 0 Å². The van der Waals surface area contributed by atoms with Crippen molar-refractivity contribution in [3.8, 4) is 0 Å². The van der Waals surface area contributed by atoms with E-state index < -0.39 is 11.6 Å². The van der Waals surface area contributed by atoms with Crippen LogP contribution in [-0.2, 0) is 15.1 Å². The molecular weight excluding hydrogens is 316 g/mol. The first-order chi connectivity index (χ1) is 12.1. The van der Waals surface area contributed by atoms with Crippen molar-refractivity contribution in [1.29, 1.82) is 0 Å². The first-order valence-electron chi connectivity index (χ1n) is 9.36. The highest BCUT2D eigenvalue weighted by atomic mass is 16.6. The SMILES string of the molecule is CC1CCNC(COC(=O)C(O)(c2ccccc2)C2CCCCC2)=N1. The van der Waals surface area contributed by atoms with E-state index in [0.717, 1.165) is 45.1 Å². The summed E-state index contributed by atoms with van der Waals surface area (Å²) in [6.07, 6.45) is 5.91. The van der Waals surface area contributed by atoms with E-state index in [1.807, 2.05) is 37.3 Å². The van der Waals surface area contributed by atoms with Crippen LogP contribution in [0.1, 0.15) is 51.0 Å². The Morgan fingerprint density at radius 1 is 1.24 bits per heavy atom. The zero-order valence-electron chi connectivity index (χ0n) is 14.9. The summed E-state index contributed by atoms with van der Waals surface area (Å²) in [7, 11) is 0. The fourth-order valence-corrected chi connectivity index (χ4v) is 3.87. The molecule has 5 heteroatoms. The first-order valence-corrected chi connectivity index (χ1v) is 9.36. The molecule has 1 saturated carbocycles. The molecule has 1 aliphatic carbocycles. The maximum atomic E-state index is 12.9. The Balaban J connectivity index is 1.77. The maximum Gasteiger partial charge on any atom is 0.343 e. The van der Waals surface area contributed by atoms with Crippen LogP contribution in [0.5, 0.6) is 0 Å². The number of ether oxygens (including phenoxy) is 1. The molecule has 0 saturated heterocycles. The van der Waals surface area contributed by atoms with Gasteiger partial charge < -0.3 is 15.2 Å². The van der Waals surface area contributed by atoms with Crippen LogP contribution < -0.4 is 5.32 Å². The number of nitrogens with one attached hydrogen (secondary N) is 1. The van der Waals surface area contributed by atoms with Crippen molar-refractivity contribution in [1.82, 2.24) is 5.32 Å². The van der Waals surface area contributed by atoms with Crippen LogP contribution in [0.4, 0.5) is 0 Å². The summed E-state index contributed by atoms with van der Waals surface area (Å²) in [5.41, 5.74) is -0.957.